The molecule has 3 heterocycles. The summed E-state index contributed by atoms with van der Waals surface area (Å²) in [7, 11) is 0. The van der Waals surface area contributed by atoms with Crippen LogP contribution in [-0.4, -0.2) is 79.6 Å². The van der Waals surface area contributed by atoms with Gasteiger partial charge in [-0.25, -0.2) is 9.37 Å². The molecule has 2 aliphatic heterocycles. The normalized spacial score (nSPS) is 34.2. The van der Waals surface area contributed by atoms with Crippen molar-refractivity contribution in [1.29, 1.82) is 0 Å². The van der Waals surface area contributed by atoms with Crippen molar-refractivity contribution in [3.63, 3.8) is 0 Å². The van der Waals surface area contributed by atoms with Crippen molar-refractivity contribution in [2.45, 2.75) is 50.9 Å². The summed E-state index contributed by atoms with van der Waals surface area (Å²) in [5.41, 5.74) is 0.546. The second kappa shape index (κ2) is 9.08. The molecule has 0 bridgehead atoms. The molecular weight excluding hydrogens is 483 g/mol. The molecule has 1 aromatic carbocycles. The fourth-order valence-electron chi connectivity index (χ4n) is 6.43. The lowest BCUT2D eigenvalue weighted by Crippen LogP contribution is -2.59. The number of nitrogens with one attached hydrogen (secondary N) is 1. The molecule has 6 rings (SSSR count). The van der Waals surface area contributed by atoms with Crippen LogP contribution in [0.5, 0.6) is 0 Å². The summed E-state index contributed by atoms with van der Waals surface area (Å²) in [4.78, 5) is 21.8. The number of hydrogen-bond donors (Lipinski definition) is 1. The van der Waals surface area contributed by atoms with Gasteiger partial charge in [-0.15, -0.1) is 0 Å². The standard InChI is InChI=1S/C27H34ClFN4O3/c1-3-36-19-11-27(12-19)13-20(27)25(34)31-24-10-17-9-22(21(28)8-18(17)14-30-24)32-4-6-33(7-5-32)26(2)16-35-15-23(26)29/h8-10,14,19-20,23H,3-7,11-13,15-16H2,1-2H3,(H,30,31,34)/t19?,20?,23-,26+,27?/m0/s1. The van der Waals surface area contributed by atoms with Gasteiger partial charge in [0.2, 0.25) is 5.91 Å². The molecule has 2 saturated carbocycles. The zero-order valence-corrected chi connectivity index (χ0v) is 21.7. The van der Waals surface area contributed by atoms with E-state index in [9.17, 15) is 9.18 Å². The molecule has 7 nitrogen and oxygen atoms in total. The van der Waals surface area contributed by atoms with E-state index in [0.717, 1.165) is 68.5 Å². The second-order valence-electron chi connectivity index (χ2n) is 11.1. The number of anilines is 2. The van der Waals surface area contributed by atoms with Gasteiger partial charge in [-0.2, -0.15) is 0 Å². The topological polar surface area (TPSA) is 66.9 Å². The van der Waals surface area contributed by atoms with Crippen molar-refractivity contribution < 1.29 is 18.7 Å². The predicted octanol–water partition coefficient (Wildman–Crippen LogP) is 4.28. The third kappa shape index (κ3) is 4.16. The Morgan fingerprint density at radius 3 is 2.69 bits per heavy atom. The van der Waals surface area contributed by atoms with E-state index in [1.807, 2.05) is 26.0 Å². The molecule has 1 spiro atoms. The number of hydrogen-bond acceptors (Lipinski definition) is 6. The van der Waals surface area contributed by atoms with Gasteiger partial charge in [0.25, 0.3) is 0 Å². The van der Waals surface area contributed by atoms with Crippen molar-refractivity contribution in [1.82, 2.24) is 9.88 Å². The van der Waals surface area contributed by atoms with E-state index in [1.165, 1.54) is 0 Å². The Morgan fingerprint density at radius 2 is 2.00 bits per heavy atom. The van der Waals surface area contributed by atoms with Crippen LogP contribution in [0.25, 0.3) is 10.8 Å². The minimum absolute atomic E-state index is 0.0534. The van der Waals surface area contributed by atoms with Gasteiger partial charge in [0.1, 0.15) is 12.0 Å². The maximum absolute atomic E-state index is 14.5. The van der Waals surface area contributed by atoms with Crippen molar-refractivity contribution in [2.24, 2.45) is 11.3 Å². The van der Waals surface area contributed by atoms with Crippen molar-refractivity contribution in [2.75, 3.05) is 56.2 Å². The van der Waals surface area contributed by atoms with Gasteiger partial charge in [0, 0.05) is 50.3 Å². The van der Waals surface area contributed by atoms with Gasteiger partial charge in [0.05, 0.1) is 35.6 Å². The quantitative estimate of drug-likeness (QED) is 0.618. The SMILES string of the molecule is CCOC1CC2(C1)CC2C(=O)Nc1cc2cc(N3CCN([C@]4(C)COC[C@@H]4F)CC3)c(Cl)cc2cn1. The van der Waals surface area contributed by atoms with E-state index in [-0.39, 0.29) is 23.8 Å². The molecule has 36 heavy (non-hydrogen) atoms. The first-order chi connectivity index (χ1) is 17.3. The number of pyridine rings is 1. The summed E-state index contributed by atoms with van der Waals surface area (Å²) in [6.45, 7) is 8.32. The minimum Gasteiger partial charge on any atom is -0.378 e. The summed E-state index contributed by atoms with van der Waals surface area (Å²) in [6, 6.07) is 5.92. The number of alkyl halides is 1. The van der Waals surface area contributed by atoms with Gasteiger partial charge < -0.3 is 19.7 Å². The van der Waals surface area contributed by atoms with Crippen LogP contribution < -0.4 is 10.2 Å². The number of carbonyl (C=O) groups is 1. The highest BCUT2D eigenvalue weighted by atomic mass is 35.5. The maximum Gasteiger partial charge on any atom is 0.229 e. The molecule has 2 aliphatic carbocycles. The lowest BCUT2D eigenvalue weighted by Gasteiger charge is -2.44. The molecule has 4 fully saturated rings. The number of piperazine rings is 1. The van der Waals surface area contributed by atoms with Crippen LogP contribution in [0.1, 0.15) is 33.1 Å². The van der Waals surface area contributed by atoms with E-state index < -0.39 is 11.7 Å². The fourth-order valence-corrected chi connectivity index (χ4v) is 6.73. The molecule has 194 valence electrons. The zero-order chi connectivity index (χ0) is 25.1. The maximum atomic E-state index is 14.5. The average molecular weight is 517 g/mol. The Bertz CT molecular complexity index is 1170. The highest BCUT2D eigenvalue weighted by Crippen LogP contribution is 2.66. The summed E-state index contributed by atoms with van der Waals surface area (Å²) >= 11 is 6.67. The van der Waals surface area contributed by atoms with Crippen LogP contribution in [0.15, 0.2) is 24.4 Å². The van der Waals surface area contributed by atoms with E-state index in [2.05, 4.69) is 26.2 Å². The first kappa shape index (κ1) is 24.3. The molecule has 4 aliphatic rings. The molecule has 1 N–H and O–H groups in total. The highest BCUT2D eigenvalue weighted by molar-refractivity contribution is 6.34. The summed E-state index contributed by atoms with van der Waals surface area (Å²) < 4.78 is 25.5. The molecule has 1 unspecified atom stereocenters. The van der Waals surface area contributed by atoms with Crippen LogP contribution in [0.4, 0.5) is 15.9 Å². The van der Waals surface area contributed by atoms with Crippen LogP contribution >= 0.6 is 11.6 Å². The summed E-state index contributed by atoms with van der Waals surface area (Å²) in [6.07, 6.45) is 4.02. The van der Waals surface area contributed by atoms with Crippen molar-refractivity contribution >= 4 is 39.8 Å². The Balaban J connectivity index is 1.12. The molecule has 0 radical (unpaired) electrons. The number of fused-ring (bicyclic) bond motifs is 1. The van der Waals surface area contributed by atoms with Crippen LogP contribution in [0.2, 0.25) is 5.02 Å². The van der Waals surface area contributed by atoms with Crippen LogP contribution in [-0.2, 0) is 14.3 Å². The minimum atomic E-state index is -0.963. The summed E-state index contributed by atoms with van der Waals surface area (Å²) in [5, 5.41) is 5.61. The average Bonchev–Trinajstić information content (AvgIpc) is 3.50. The lowest BCUT2D eigenvalue weighted by atomic mass is 9.77. The van der Waals surface area contributed by atoms with E-state index in [1.54, 1.807) is 6.20 Å². The molecule has 3 atom stereocenters. The number of nitrogens with zero attached hydrogens (tertiary/aromatic N) is 3. The monoisotopic (exact) mass is 516 g/mol. The molecule has 1 amide bonds. The number of benzene rings is 1. The van der Waals surface area contributed by atoms with Gasteiger partial charge in [-0.05, 0) is 62.1 Å². The van der Waals surface area contributed by atoms with Crippen LogP contribution in [0, 0.1) is 11.3 Å². The second-order valence-corrected chi connectivity index (χ2v) is 11.5. The van der Waals surface area contributed by atoms with Gasteiger partial charge in [-0.1, -0.05) is 11.6 Å². The molecular formula is C27H34ClFN4O3. The third-order valence-corrected chi connectivity index (χ3v) is 9.19. The highest BCUT2D eigenvalue weighted by Gasteiger charge is 2.64. The van der Waals surface area contributed by atoms with Gasteiger partial charge >= 0.3 is 0 Å². The first-order valence-electron chi connectivity index (χ1n) is 13.0. The Labute approximate surface area is 216 Å². The number of aromatic nitrogens is 1. The van der Waals surface area contributed by atoms with Gasteiger partial charge in [0.15, 0.2) is 0 Å². The Kier molecular flexibility index (Phi) is 6.14. The van der Waals surface area contributed by atoms with Crippen molar-refractivity contribution in [3.8, 4) is 0 Å². The fraction of sp³-hybridized carbons (Fsp3) is 0.630. The predicted molar refractivity (Wildman–Crippen MR) is 138 cm³/mol. The third-order valence-electron chi connectivity index (χ3n) is 8.89. The van der Waals surface area contributed by atoms with Crippen molar-refractivity contribution in [3.05, 3.63) is 29.4 Å². The number of amides is 1. The molecule has 9 heteroatoms. The number of ether oxygens (including phenoxy) is 2. The van der Waals surface area contributed by atoms with E-state index in [0.29, 0.717) is 23.6 Å². The van der Waals surface area contributed by atoms with E-state index >= 15 is 0 Å². The number of halogens is 2. The first-order valence-corrected chi connectivity index (χ1v) is 13.4. The van der Waals surface area contributed by atoms with Crippen LogP contribution in [0.3, 0.4) is 0 Å². The molecule has 2 saturated heterocycles. The van der Waals surface area contributed by atoms with Gasteiger partial charge in [-0.3, -0.25) is 9.69 Å². The zero-order valence-electron chi connectivity index (χ0n) is 20.9. The summed E-state index contributed by atoms with van der Waals surface area (Å²) in [5.74, 6) is 0.675. The Morgan fingerprint density at radius 1 is 1.22 bits per heavy atom. The number of rotatable bonds is 6. The molecule has 2 aromatic rings. The largest absolute Gasteiger partial charge is 0.378 e. The lowest BCUT2D eigenvalue weighted by molar-refractivity contribution is -0.120. The molecule has 1 aromatic heterocycles. The van der Waals surface area contributed by atoms with E-state index in [4.69, 9.17) is 21.1 Å². The Hall–Kier alpha value is -2.00. The smallest absolute Gasteiger partial charge is 0.229 e. The number of carbonyl (C=O) groups excluding carboxylic acids is 1.